The van der Waals surface area contributed by atoms with Gasteiger partial charge in [0.15, 0.2) is 0 Å². The lowest BCUT2D eigenvalue weighted by Crippen LogP contribution is -2.38. The smallest absolute Gasteiger partial charge is 0.333 e. The lowest BCUT2D eigenvalue weighted by Gasteiger charge is -2.21. The van der Waals surface area contributed by atoms with E-state index in [2.05, 4.69) is 4.72 Å². The highest BCUT2D eigenvalue weighted by Gasteiger charge is 2.17. The van der Waals surface area contributed by atoms with Crippen LogP contribution >= 0.6 is 0 Å². The van der Waals surface area contributed by atoms with E-state index in [9.17, 15) is 8.42 Å². The first-order chi connectivity index (χ1) is 5.08. The Kier molecular flexibility index (Phi) is 2.83. The molecule has 1 aliphatic rings. The Morgan fingerprint density at radius 3 is 2.36 bits per heavy atom. The van der Waals surface area contributed by atoms with Crippen molar-refractivity contribution < 1.29 is 17.7 Å². The van der Waals surface area contributed by atoms with Crippen LogP contribution in [0.15, 0.2) is 0 Å². The topological polar surface area (TPSA) is 75.6 Å². The predicted molar refractivity (Wildman–Crippen MR) is 38.5 cm³/mol. The van der Waals surface area contributed by atoms with E-state index in [0.29, 0.717) is 26.1 Å². The molecule has 1 aliphatic heterocycles. The molecule has 5 nitrogen and oxygen atoms in total. The summed E-state index contributed by atoms with van der Waals surface area (Å²) in [5.74, 6) is 0. The quantitative estimate of drug-likeness (QED) is 0.566. The summed E-state index contributed by atoms with van der Waals surface area (Å²) < 4.78 is 36.1. The van der Waals surface area contributed by atoms with Crippen molar-refractivity contribution in [2.45, 2.75) is 18.9 Å². The van der Waals surface area contributed by atoms with Crippen molar-refractivity contribution in [1.82, 2.24) is 4.72 Å². The highest BCUT2D eigenvalue weighted by Crippen LogP contribution is 2.06. The van der Waals surface area contributed by atoms with Crippen molar-refractivity contribution in [2.24, 2.45) is 0 Å². The first-order valence-corrected chi connectivity index (χ1v) is 4.84. The molecule has 6 heteroatoms. The van der Waals surface area contributed by atoms with Gasteiger partial charge in [-0.15, -0.1) is 0 Å². The van der Waals surface area contributed by atoms with Gasteiger partial charge in [-0.25, -0.2) is 0 Å². The van der Waals surface area contributed by atoms with Gasteiger partial charge >= 0.3 is 10.3 Å². The Balaban J connectivity index is 2.36. The van der Waals surface area contributed by atoms with Crippen LogP contribution < -0.4 is 4.72 Å². The summed E-state index contributed by atoms with van der Waals surface area (Å²) in [6.45, 7) is 1.10. The van der Waals surface area contributed by atoms with E-state index < -0.39 is 10.3 Å². The highest BCUT2D eigenvalue weighted by molar-refractivity contribution is 7.83. The fraction of sp³-hybridized carbons (Fsp3) is 1.00. The molecule has 0 unspecified atom stereocenters. The Morgan fingerprint density at radius 2 is 1.91 bits per heavy atom. The third kappa shape index (κ3) is 3.66. The van der Waals surface area contributed by atoms with Crippen LogP contribution in [0.3, 0.4) is 0 Å². The van der Waals surface area contributed by atoms with Crippen LogP contribution in [0.4, 0.5) is 0 Å². The van der Waals surface area contributed by atoms with Crippen LogP contribution in [0.1, 0.15) is 12.8 Å². The van der Waals surface area contributed by atoms with E-state index in [1.807, 2.05) is 0 Å². The van der Waals surface area contributed by atoms with Crippen molar-refractivity contribution in [3.8, 4) is 0 Å². The molecule has 66 valence electrons. The van der Waals surface area contributed by atoms with Crippen molar-refractivity contribution in [3.63, 3.8) is 0 Å². The molecule has 1 fully saturated rings. The van der Waals surface area contributed by atoms with Gasteiger partial charge in [0.25, 0.3) is 0 Å². The van der Waals surface area contributed by atoms with Gasteiger partial charge in [-0.1, -0.05) is 0 Å². The summed E-state index contributed by atoms with van der Waals surface area (Å²) in [6, 6.07) is -0.168. The maximum absolute atomic E-state index is 10.3. The van der Waals surface area contributed by atoms with Crippen LogP contribution in [0.5, 0.6) is 0 Å². The minimum absolute atomic E-state index is 0.168. The van der Waals surface area contributed by atoms with Gasteiger partial charge < -0.3 is 4.74 Å². The van der Waals surface area contributed by atoms with E-state index in [0.717, 1.165) is 0 Å². The molecule has 1 saturated heterocycles. The van der Waals surface area contributed by atoms with Crippen LogP contribution in [0.2, 0.25) is 0 Å². The maximum Gasteiger partial charge on any atom is 0.333 e. The number of hydrogen-bond donors (Lipinski definition) is 2. The second-order valence-corrected chi connectivity index (χ2v) is 3.67. The molecule has 2 N–H and O–H groups in total. The third-order valence-electron chi connectivity index (χ3n) is 1.54. The van der Waals surface area contributed by atoms with Gasteiger partial charge in [0.2, 0.25) is 0 Å². The molecule has 0 saturated carbocycles. The zero-order chi connectivity index (χ0) is 8.32. The van der Waals surface area contributed by atoms with Crippen molar-refractivity contribution in [2.75, 3.05) is 13.2 Å². The molecule has 0 aliphatic carbocycles. The Hall–Kier alpha value is -0.170. The van der Waals surface area contributed by atoms with Gasteiger partial charge in [-0.3, -0.25) is 4.55 Å². The average molecular weight is 181 g/mol. The minimum atomic E-state index is -4.03. The molecular weight excluding hydrogens is 170 g/mol. The van der Waals surface area contributed by atoms with Crippen molar-refractivity contribution >= 4 is 10.3 Å². The zero-order valence-electron chi connectivity index (χ0n) is 5.99. The summed E-state index contributed by atoms with van der Waals surface area (Å²) in [5.41, 5.74) is 0. The monoisotopic (exact) mass is 181 g/mol. The van der Waals surface area contributed by atoms with Crippen molar-refractivity contribution in [1.29, 1.82) is 0 Å². The normalized spacial score (nSPS) is 21.9. The summed E-state index contributed by atoms with van der Waals surface area (Å²) in [4.78, 5) is 0. The van der Waals surface area contributed by atoms with Gasteiger partial charge in [0.05, 0.1) is 0 Å². The third-order valence-corrected chi connectivity index (χ3v) is 2.17. The number of ether oxygens (including phenoxy) is 1. The Bertz CT molecular complexity index is 207. The van der Waals surface area contributed by atoms with Crippen LogP contribution in [-0.4, -0.2) is 32.2 Å². The van der Waals surface area contributed by atoms with Crippen LogP contribution in [-0.2, 0) is 15.0 Å². The fourth-order valence-electron chi connectivity index (χ4n) is 1.03. The molecule has 0 aromatic carbocycles. The van der Waals surface area contributed by atoms with Gasteiger partial charge in [-0.2, -0.15) is 13.1 Å². The van der Waals surface area contributed by atoms with E-state index in [4.69, 9.17) is 9.29 Å². The Labute approximate surface area is 65.6 Å². The molecular formula is C5H11NO4S. The molecule has 1 rings (SSSR count). The summed E-state index contributed by atoms with van der Waals surface area (Å²) in [6.07, 6.45) is 1.25. The second-order valence-electron chi connectivity index (χ2n) is 2.48. The number of nitrogens with one attached hydrogen (secondary N) is 1. The van der Waals surface area contributed by atoms with E-state index in [-0.39, 0.29) is 6.04 Å². The lowest BCUT2D eigenvalue weighted by molar-refractivity contribution is 0.0827. The average Bonchev–Trinajstić information content (AvgIpc) is 1.85. The molecule has 0 aromatic heterocycles. The zero-order valence-corrected chi connectivity index (χ0v) is 6.80. The minimum Gasteiger partial charge on any atom is -0.381 e. The first-order valence-electron chi connectivity index (χ1n) is 3.40. The molecule has 0 atom stereocenters. The summed E-state index contributed by atoms with van der Waals surface area (Å²) in [7, 11) is -4.03. The molecule has 0 radical (unpaired) electrons. The number of rotatable bonds is 2. The number of hydrogen-bond acceptors (Lipinski definition) is 3. The fourth-order valence-corrected chi connectivity index (χ4v) is 1.68. The predicted octanol–water partition coefficient (Wildman–Crippen LogP) is -0.442. The first kappa shape index (κ1) is 8.92. The Morgan fingerprint density at radius 1 is 1.36 bits per heavy atom. The molecule has 1 heterocycles. The van der Waals surface area contributed by atoms with E-state index in [1.54, 1.807) is 0 Å². The van der Waals surface area contributed by atoms with Crippen LogP contribution in [0, 0.1) is 0 Å². The van der Waals surface area contributed by atoms with Crippen LogP contribution in [0.25, 0.3) is 0 Å². The SMILES string of the molecule is O=S(=O)(O)NC1CCOCC1. The maximum atomic E-state index is 10.3. The van der Waals surface area contributed by atoms with Gasteiger partial charge in [-0.05, 0) is 12.8 Å². The van der Waals surface area contributed by atoms with E-state index in [1.165, 1.54) is 0 Å². The summed E-state index contributed by atoms with van der Waals surface area (Å²) in [5, 5.41) is 0. The largest absolute Gasteiger partial charge is 0.381 e. The standard InChI is InChI=1S/C5H11NO4S/c7-11(8,9)6-5-1-3-10-4-2-5/h5-6H,1-4H2,(H,7,8,9). The van der Waals surface area contributed by atoms with E-state index >= 15 is 0 Å². The highest BCUT2D eigenvalue weighted by atomic mass is 32.2. The molecule has 0 bridgehead atoms. The van der Waals surface area contributed by atoms with Gasteiger partial charge in [0.1, 0.15) is 0 Å². The molecule has 0 aromatic rings. The molecule has 0 spiro atoms. The van der Waals surface area contributed by atoms with Gasteiger partial charge in [0, 0.05) is 19.3 Å². The summed E-state index contributed by atoms with van der Waals surface area (Å²) >= 11 is 0. The van der Waals surface area contributed by atoms with Crippen molar-refractivity contribution in [3.05, 3.63) is 0 Å². The second kappa shape index (κ2) is 3.48. The lowest BCUT2D eigenvalue weighted by atomic mass is 10.1. The molecule has 0 amide bonds. The molecule has 11 heavy (non-hydrogen) atoms.